The second kappa shape index (κ2) is 5.80. The van der Waals surface area contributed by atoms with Crippen molar-refractivity contribution in [3.8, 4) is 0 Å². The summed E-state index contributed by atoms with van der Waals surface area (Å²) in [4.78, 5) is 14.1. The van der Waals surface area contributed by atoms with Gasteiger partial charge in [-0.3, -0.25) is 4.79 Å². The molecule has 0 radical (unpaired) electrons. The van der Waals surface area contributed by atoms with Gasteiger partial charge in [-0.05, 0) is 26.1 Å². The summed E-state index contributed by atoms with van der Waals surface area (Å²) in [6.07, 6.45) is 0.143. The molecule has 0 aliphatic carbocycles. The van der Waals surface area contributed by atoms with E-state index in [0.29, 0.717) is 12.5 Å². The van der Waals surface area contributed by atoms with Gasteiger partial charge in [-0.25, -0.2) is 0 Å². The van der Waals surface area contributed by atoms with Crippen molar-refractivity contribution in [2.75, 3.05) is 46.4 Å². The Morgan fingerprint density at radius 3 is 2.94 bits per heavy atom. The van der Waals surface area contributed by atoms with Crippen LogP contribution >= 0.6 is 0 Å². The number of carbonyl (C=O) groups is 1. The molecule has 0 aromatic carbocycles. The molecular formula is C12H23N3O2. The van der Waals surface area contributed by atoms with Gasteiger partial charge in [0, 0.05) is 25.6 Å². The van der Waals surface area contributed by atoms with Crippen molar-refractivity contribution in [2.24, 2.45) is 11.8 Å². The number of amides is 1. The van der Waals surface area contributed by atoms with Crippen LogP contribution < -0.4 is 10.6 Å². The van der Waals surface area contributed by atoms with E-state index in [1.165, 1.54) is 0 Å². The minimum atomic E-state index is 0.109. The van der Waals surface area contributed by atoms with Crippen LogP contribution in [0.2, 0.25) is 0 Å². The fourth-order valence-corrected chi connectivity index (χ4v) is 2.24. The molecule has 0 bridgehead atoms. The van der Waals surface area contributed by atoms with Crippen molar-refractivity contribution < 1.29 is 9.53 Å². The van der Waals surface area contributed by atoms with Gasteiger partial charge >= 0.3 is 0 Å². The van der Waals surface area contributed by atoms with Gasteiger partial charge in [0.1, 0.15) is 0 Å². The van der Waals surface area contributed by atoms with Crippen LogP contribution in [-0.4, -0.2) is 63.3 Å². The highest BCUT2D eigenvalue weighted by Gasteiger charge is 2.29. The van der Waals surface area contributed by atoms with Crippen molar-refractivity contribution in [2.45, 2.75) is 13.0 Å². The number of hydrogen-bond acceptors (Lipinski definition) is 4. The molecule has 17 heavy (non-hydrogen) atoms. The predicted molar refractivity (Wildman–Crippen MR) is 65.8 cm³/mol. The van der Waals surface area contributed by atoms with E-state index in [2.05, 4.69) is 22.6 Å². The lowest BCUT2D eigenvalue weighted by Crippen LogP contribution is -2.51. The summed E-state index contributed by atoms with van der Waals surface area (Å²) in [5.74, 6) is 0.774. The summed E-state index contributed by atoms with van der Waals surface area (Å²) in [5, 5.41) is 6.20. The Labute approximate surface area is 103 Å². The molecule has 0 spiro atoms. The van der Waals surface area contributed by atoms with Crippen molar-refractivity contribution >= 4 is 5.91 Å². The molecule has 98 valence electrons. The molecule has 2 fully saturated rings. The lowest BCUT2D eigenvalue weighted by Gasteiger charge is -2.33. The highest BCUT2D eigenvalue weighted by molar-refractivity contribution is 5.78. The molecular weight excluding hydrogens is 218 g/mol. The Balaban J connectivity index is 1.68. The lowest BCUT2D eigenvalue weighted by atomic mass is 9.88. The molecule has 2 rings (SSSR count). The van der Waals surface area contributed by atoms with E-state index < -0.39 is 0 Å². The first-order valence-corrected chi connectivity index (χ1v) is 6.45. The Bertz CT molecular complexity index is 268. The number of morpholine rings is 1. The van der Waals surface area contributed by atoms with Crippen LogP contribution in [-0.2, 0) is 9.53 Å². The lowest BCUT2D eigenvalue weighted by molar-refractivity contribution is -0.127. The van der Waals surface area contributed by atoms with Crippen LogP contribution in [0.15, 0.2) is 0 Å². The monoisotopic (exact) mass is 241 g/mol. The van der Waals surface area contributed by atoms with Gasteiger partial charge in [-0.1, -0.05) is 6.92 Å². The van der Waals surface area contributed by atoms with Crippen LogP contribution in [0.5, 0.6) is 0 Å². The molecule has 2 N–H and O–H groups in total. The average molecular weight is 241 g/mol. The van der Waals surface area contributed by atoms with Gasteiger partial charge in [0.2, 0.25) is 5.91 Å². The minimum absolute atomic E-state index is 0.109. The molecule has 0 saturated carbocycles. The summed E-state index contributed by atoms with van der Waals surface area (Å²) in [5.41, 5.74) is 0. The number of nitrogens with one attached hydrogen (secondary N) is 2. The highest BCUT2D eigenvalue weighted by atomic mass is 16.5. The summed E-state index contributed by atoms with van der Waals surface area (Å²) in [7, 11) is 2.08. The maximum Gasteiger partial charge on any atom is 0.223 e. The first kappa shape index (κ1) is 12.8. The minimum Gasteiger partial charge on any atom is -0.374 e. The van der Waals surface area contributed by atoms with Crippen LogP contribution in [0.4, 0.5) is 0 Å². The first-order chi connectivity index (χ1) is 8.16. The SMILES string of the molecule is CC(C(=O)NCC1CN(C)CCO1)C1CNC1. The van der Waals surface area contributed by atoms with E-state index in [4.69, 9.17) is 4.74 Å². The van der Waals surface area contributed by atoms with E-state index in [1.807, 2.05) is 6.92 Å². The molecule has 0 aromatic rings. The maximum atomic E-state index is 11.9. The molecule has 1 amide bonds. The van der Waals surface area contributed by atoms with Gasteiger partial charge < -0.3 is 20.3 Å². The highest BCUT2D eigenvalue weighted by Crippen LogP contribution is 2.15. The number of rotatable bonds is 4. The van der Waals surface area contributed by atoms with Crippen LogP contribution in [0, 0.1) is 11.8 Å². The van der Waals surface area contributed by atoms with Crippen LogP contribution in [0.3, 0.4) is 0 Å². The normalized spacial score (nSPS) is 28.5. The summed E-state index contributed by atoms with van der Waals surface area (Å²) >= 11 is 0. The number of hydrogen-bond donors (Lipinski definition) is 2. The Morgan fingerprint density at radius 1 is 1.59 bits per heavy atom. The van der Waals surface area contributed by atoms with E-state index in [9.17, 15) is 4.79 Å². The van der Waals surface area contributed by atoms with Crippen molar-refractivity contribution in [3.05, 3.63) is 0 Å². The molecule has 2 aliphatic heterocycles. The summed E-state index contributed by atoms with van der Waals surface area (Å²) in [6.45, 7) is 7.23. The van der Waals surface area contributed by atoms with Gasteiger partial charge in [0.15, 0.2) is 0 Å². The molecule has 5 heteroatoms. The number of likely N-dealkylation sites (N-methyl/N-ethyl adjacent to an activating group) is 1. The summed E-state index contributed by atoms with van der Waals surface area (Å²) in [6, 6.07) is 0. The van der Waals surface area contributed by atoms with Crippen molar-refractivity contribution in [1.82, 2.24) is 15.5 Å². The summed E-state index contributed by atoms with van der Waals surface area (Å²) < 4.78 is 5.61. The smallest absolute Gasteiger partial charge is 0.223 e. The third-order valence-electron chi connectivity index (χ3n) is 3.78. The quantitative estimate of drug-likeness (QED) is 0.683. The molecule has 5 nitrogen and oxygen atoms in total. The van der Waals surface area contributed by atoms with E-state index >= 15 is 0 Å². The van der Waals surface area contributed by atoms with Crippen LogP contribution in [0.25, 0.3) is 0 Å². The van der Waals surface area contributed by atoms with Crippen molar-refractivity contribution in [3.63, 3.8) is 0 Å². The second-order valence-electron chi connectivity index (χ2n) is 5.21. The topological polar surface area (TPSA) is 53.6 Å². The molecule has 2 heterocycles. The second-order valence-corrected chi connectivity index (χ2v) is 5.21. The van der Waals surface area contributed by atoms with Gasteiger partial charge in [-0.15, -0.1) is 0 Å². The van der Waals surface area contributed by atoms with E-state index in [1.54, 1.807) is 0 Å². The fraction of sp³-hybridized carbons (Fsp3) is 0.917. The van der Waals surface area contributed by atoms with E-state index in [-0.39, 0.29) is 17.9 Å². The van der Waals surface area contributed by atoms with Gasteiger partial charge in [-0.2, -0.15) is 0 Å². The Hall–Kier alpha value is -0.650. The number of ether oxygens (including phenoxy) is 1. The largest absolute Gasteiger partial charge is 0.374 e. The van der Waals surface area contributed by atoms with Gasteiger partial charge in [0.25, 0.3) is 0 Å². The standard InChI is InChI=1S/C12H23N3O2/c1-9(10-5-13-6-10)12(16)14-7-11-8-15(2)3-4-17-11/h9-11,13H,3-8H2,1-2H3,(H,14,16). The van der Waals surface area contributed by atoms with Gasteiger partial charge in [0.05, 0.1) is 12.7 Å². The fourth-order valence-electron chi connectivity index (χ4n) is 2.24. The average Bonchev–Trinajstić information content (AvgIpc) is 2.23. The van der Waals surface area contributed by atoms with Crippen LogP contribution in [0.1, 0.15) is 6.92 Å². The zero-order valence-corrected chi connectivity index (χ0v) is 10.7. The van der Waals surface area contributed by atoms with E-state index in [0.717, 1.165) is 32.8 Å². The molecule has 0 aromatic heterocycles. The Morgan fingerprint density at radius 2 is 2.35 bits per heavy atom. The van der Waals surface area contributed by atoms with Crippen molar-refractivity contribution in [1.29, 1.82) is 0 Å². The molecule has 2 unspecified atom stereocenters. The Kier molecular flexibility index (Phi) is 4.36. The number of carbonyl (C=O) groups excluding carboxylic acids is 1. The molecule has 2 saturated heterocycles. The molecule has 2 atom stereocenters. The predicted octanol–water partition coefficient (Wildman–Crippen LogP) is -0.711. The molecule has 2 aliphatic rings. The number of nitrogens with zero attached hydrogens (tertiary/aromatic N) is 1. The zero-order valence-electron chi connectivity index (χ0n) is 10.7. The maximum absolute atomic E-state index is 11.9. The third kappa shape index (κ3) is 3.40. The third-order valence-corrected chi connectivity index (χ3v) is 3.78. The first-order valence-electron chi connectivity index (χ1n) is 6.45. The zero-order chi connectivity index (χ0) is 12.3.